The van der Waals surface area contributed by atoms with Crippen LogP contribution in [-0.2, 0) is 6.54 Å². The largest absolute Gasteiger partial charge is 0.322 e. The van der Waals surface area contributed by atoms with Crippen molar-refractivity contribution in [2.45, 2.75) is 25.9 Å². The van der Waals surface area contributed by atoms with Crippen molar-refractivity contribution < 1.29 is 18.4 Å². The predicted molar refractivity (Wildman–Crippen MR) is 105 cm³/mol. The number of fused-ring (bicyclic) bond motifs is 1. The minimum absolute atomic E-state index is 0.0504. The van der Waals surface area contributed by atoms with Crippen molar-refractivity contribution in [1.82, 2.24) is 19.7 Å². The zero-order chi connectivity index (χ0) is 22.1. The van der Waals surface area contributed by atoms with Gasteiger partial charge in [-0.3, -0.25) is 19.2 Å². The molecule has 3 aromatic rings. The van der Waals surface area contributed by atoms with E-state index in [2.05, 4.69) is 20.4 Å². The standard InChI is InChI=1S/C20H15F2N7O2/c1-11-10-28-16(20(31)29(11)14-7-24-18(17(21)22)25-8-14)15(9-26-28)19(30)27-13-4-2-3-12(5-13)6-23/h2-5,7-9,11,17H,10H2,1H3,(H,27,30). The number of nitriles is 1. The van der Waals surface area contributed by atoms with E-state index in [9.17, 15) is 18.4 Å². The highest BCUT2D eigenvalue weighted by Crippen LogP contribution is 2.27. The van der Waals surface area contributed by atoms with Crippen LogP contribution in [0.1, 0.15) is 45.6 Å². The molecular weight excluding hydrogens is 408 g/mol. The van der Waals surface area contributed by atoms with Crippen molar-refractivity contribution in [3.05, 3.63) is 65.5 Å². The van der Waals surface area contributed by atoms with E-state index in [1.54, 1.807) is 25.1 Å². The zero-order valence-corrected chi connectivity index (χ0v) is 16.2. The molecule has 9 nitrogen and oxygen atoms in total. The summed E-state index contributed by atoms with van der Waals surface area (Å²) in [5.41, 5.74) is 1.12. The summed E-state index contributed by atoms with van der Waals surface area (Å²) in [6.07, 6.45) is 0.785. The van der Waals surface area contributed by atoms with Crippen LogP contribution >= 0.6 is 0 Å². The summed E-state index contributed by atoms with van der Waals surface area (Å²) >= 11 is 0. The first-order valence-corrected chi connectivity index (χ1v) is 9.20. The number of benzene rings is 1. The van der Waals surface area contributed by atoms with Crippen LogP contribution in [0, 0.1) is 11.3 Å². The normalized spacial score (nSPS) is 15.5. The maximum atomic E-state index is 13.2. The summed E-state index contributed by atoms with van der Waals surface area (Å²) in [4.78, 5) is 34.6. The van der Waals surface area contributed by atoms with Gasteiger partial charge in [0.2, 0.25) is 0 Å². The third-order valence-corrected chi connectivity index (χ3v) is 4.76. The fraction of sp³-hybridized carbons (Fsp3) is 0.200. The Bertz CT molecular complexity index is 1200. The van der Waals surface area contributed by atoms with Gasteiger partial charge in [-0.2, -0.15) is 10.4 Å². The molecule has 1 N–H and O–H groups in total. The number of halogens is 2. The Hall–Kier alpha value is -4.20. The smallest absolute Gasteiger partial charge is 0.297 e. The van der Waals surface area contributed by atoms with Gasteiger partial charge in [-0.1, -0.05) is 6.07 Å². The van der Waals surface area contributed by atoms with E-state index in [4.69, 9.17) is 5.26 Å². The predicted octanol–water partition coefficient (Wildman–Crippen LogP) is 2.78. The second kappa shape index (κ2) is 7.91. The number of amides is 2. The minimum Gasteiger partial charge on any atom is -0.322 e. The molecule has 1 atom stereocenters. The molecule has 0 saturated heterocycles. The van der Waals surface area contributed by atoms with E-state index in [0.29, 0.717) is 11.3 Å². The van der Waals surface area contributed by atoms with Crippen LogP contribution in [0.25, 0.3) is 0 Å². The molecule has 1 unspecified atom stereocenters. The molecule has 4 rings (SSSR count). The van der Waals surface area contributed by atoms with Gasteiger partial charge in [0.25, 0.3) is 18.2 Å². The van der Waals surface area contributed by atoms with Crippen LogP contribution in [-0.4, -0.2) is 37.6 Å². The number of carbonyl (C=O) groups is 2. The first-order chi connectivity index (χ1) is 14.9. The Morgan fingerprint density at radius 1 is 1.29 bits per heavy atom. The maximum absolute atomic E-state index is 13.2. The van der Waals surface area contributed by atoms with Gasteiger partial charge >= 0.3 is 0 Å². The number of hydrogen-bond acceptors (Lipinski definition) is 6. The van der Waals surface area contributed by atoms with Gasteiger partial charge in [0.1, 0.15) is 5.69 Å². The topological polar surface area (TPSA) is 117 Å². The summed E-state index contributed by atoms with van der Waals surface area (Å²) < 4.78 is 26.9. The van der Waals surface area contributed by atoms with Crippen LogP contribution in [0.5, 0.6) is 0 Å². The molecule has 156 valence electrons. The van der Waals surface area contributed by atoms with Gasteiger partial charge in [-0.25, -0.2) is 18.7 Å². The first kappa shape index (κ1) is 20.1. The number of alkyl halides is 2. The molecule has 0 fully saturated rings. The van der Waals surface area contributed by atoms with E-state index in [-0.39, 0.29) is 29.5 Å². The summed E-state index contributed by atoms with van der Waals surface area (Å²) in [6, 6.07) is 7.96. The van der Waals surface area contributed by atoms with E-state index >= 15 is 0 Å². The summed E-state index contributed by atoms with van der Waals surface area (Å²) in [6.45, 7) is 2.05. The number of rotatable bonds is 4. The molecule has 2 amide bonds. The molecule has 1 aromatic carbocycles. The van der Waals surface area contributed by atoms with Gasteiger partial charge in [-0.15, -0.1) is 0 Å². The third-order valence-electron chi connectivity index (χ3n) is 4.76. The van der Waals surface area contributed by atoms with Crippen molar-refractivity contribution >= 4 is 23.2 Å². The average molecular weight is 423 g/mol. The number of nitrogens with one attached hydrogen (secondary N) is 1. The van der Waals surface area contributed by atoms with Crippen LogP contribution in [0.4, 0.5) is 20.2 Å². The highest BCUT2D eigenvalue weighted by molar-refractivity contribution is 6.15. The molecule has 0 bridgehead atoms. The second-order valence-electron chi connectivity index (χ2n) is 6.86. The summed E-state index contributed by atoms with van der Waals surface area (Å²) in [7, 11) is 0. The molecule has 0 aliphatic carbocycles. The zero-order valence-electron chi connectivity index (χ0n) is 16.2. The number of nitrogens with zero attached hydrogens (tertiary/aromatic N) is 6. The molecule has 1 aliphatic heterocycles. The maximum Gasteiger partial charge on any atom is 0.297 e. The molecule has 1 aliphatic rings. The lowest BCUT2D eigenvalue weighted by atomic mass is 10.1. The van der Waals surface area contributed by atoms with E-state index in [0.717, 1.165) is 12.4 Å². The van der Waals surface area contributed by atoms with Crippen molar-refractivity contribution in [3.63, 3.8) is 0 Å². The number of anilines is 2. The van der Waals surface area contributed by atoms with Crippen LogP contribution < -0.4 is 10.2 Å². The van der Waals surface area contributed by atoms with E-state index in [1.807, 2.05) is 6.07 Å². The Kier molecular flexibility index (Phi) is 5.12. The highest BCUT2D eigenvalue weighted by atomic mass is 19.3. The lowest BCUT2D eigenvalue weighted by molar-refractivity contribution is 0.0933. The molecule has 0 spiro atoms. The van der Waals surface area contributed by atoms with Crippen molar-refractivity contribution in [1.29, 1.82) is 5.26 Å². The Morgan fingerprint density at radius 3 is 2.71 bits per heavy atom. The minimum atomic E-state index is -2.82. The fourth-order valence-corrected chi connectivity index (χ4v) is 3.37. The SMILES string of the molecule is CC1Cn2ncc(C(=O)Nc3cccc(C#N)c3)c2C(=O)N1c1cnc(C(F)F)nc1. The molecule has 0 saturated carbocycles. The van der Waals surface area contributed by atoms with Crippen molar-refractivity contribution in [2.75, 3.05) is 10.2 Å². The first-order valence-electron chi connectivity index (χ1n) is 9.20. The van der Waals surface area contributed by atoms with Crippen LogP contribution in [0.2, 0.25) is 0 Å². The quantitative estimate of drug-likeness (QED) is 0.690. The van der Waals surface area contributed by atoms with E-state index < -0.39 is 24.1 Å². The molecule has 2 aromatic heterocycles. The van der Waals surface area contributed by atoms with Crippen LogP contribution in [0.15, 0.2) is 42.9 Å². The highest BCUT2D eigenvalue weighted by Gasteiger charge is 2.36. The number of carbonyl (C=O) groups excluding carboxylic acids is 2. The van der Waals surface area contributed by atoms with Gasteiger partial charge in [-0.05, 0) is 25.1 Å². The molecule has 3 heterocycles. The van der Waals surface area contributed by atoms with Gasteiger partial charge < -0.3 is 5.32 Å². The lowest BCUT2D eigenvalue weighted by Crippen LogP contribution is -2.47. The Labute approximate surface area is 174 Å². The van der Waals surface area contributed by atoms with E-state index in [1.165, 1.54) is 21.8 Å². The lowest BCUT2D eigenvalue weighted by Gasteiger charge is -2.33. The number of hydrogen-bond donors (Lipinski definition) is 1. The fourth-order valence-electron chi connectivity index (χ4n) is 3.37. The monoisotopic (exact) mass is 423 g/mol. The van der Waals surface area contributed by atoms with Gasteiger partial charge in [0.15, 0.2) is 5.82 Å². The summed E-state index contributed by atoms with van der Waals surface area (Å²) in [5.74, 6) is -1.73. The second-order valence-corrected chi connectivity index (χ2v) is 6.86. The Morgan fingerprint density at radius 2 is 2.03 bits per heavy atom. The third kappa shape index (κ3) is 3.71. The van der Waals surface area contributed by atoms with Gasteiger partial charge in [0, 0.05) is 5.69 Å². The molecule has 31 heavy (non-hydrogen) atoms. The van der Waals surface area contributed by atoms with Crippen molar-refractivity contribution in [2.24, 2.45) is 0 Å². The molecule has 11 heteroatoms. The molecule has 0 radical (unpaired) electrons. The number of aromatic nitrogens is 4. The average Bonchev–Trinajstić information content (AvgIpc) is 3.18. The van der Waals surface area contributed by atoms with Crippen molar-refractivity contribution in [3.8, 4) is 6.07 Å². The van der Waals surface area contributed by atoms with Gasteiger partial charge in [0.05, 0.1) is 54.1 Å². The summed E-state index contributed by atoms with van der Waals surface area (Å²) in [5, 5.41) is 15.8. The molecular formula is C20H15F2N7O2. The van der Waals surface area contributed by atoms with Crippen LogP contribution in [0.3, 0.4) is 0 Å². The Balaban J connectivity index is 1.64.